The molecule has 3 aromatic rings. The average molecular weight is 413 g/mol. The number of hydrogen-bond acceptors (Lipinski definition) is 5. The van der Waals surface area contributed by atoms with E-state index in [4.69, 9.17) is 21.1 Å². The summed E-state index contributed by atoms with van der Waals surface area (Å²) >= 11 is 5.95. The fraction of sp³-hybridized carbons (Fsp3) is 0.286. The van der Waals surface area contributed by atoms with E-state index in [2.05, 4.69) is 15.6 Å². The number of halogens is 1. The number of nitrogens with one attached hydrogen (secondary N) is 1. The van der Waals surface area contributed by atoms with E-state index in [0.717, 1.165) is 16.9 Å². The highest BCUT2D eigenvalue weighted by atomic mass is 35.5. The molecule has 0 radical (unpaired) electrons. The number of carbonyl (C=O) groups excluding carboxylic acids is 1. The number of hydrogen-bond donors (Lipinski definition) is 1. The van der Waals surface area contributed by atoms with Gasteiger partial charge in [-0.2, -0.15) is 0 Å². The molecule has 150 valence electrons. The second kappa shape index (κ2) is 8.63. The van der Waals surface area contributed by atoms with E-state index in [0.29, 0.717) is 36.1 Å². The lowest BCUT2D eigenvalue weighted by Crippen LogP contribution is -2.27. The highest BCUT2D eigenvalue weighted by molar-refractivity contribution is 6.30. The molecule has 1 atom stereocenters. The van der Waals surface area contributed by atoms with Crippen LogP contribution in [0.25, 0.3) is 0 Å². The van der Waals surface area contributed by atoms with Crippen molar-refractivity contribution in [3.05, 3.63) is 76.1 Å². The molecule has 1 amide bonds. The number of amides is 1. The van der Waals surface area contributed by atoms with Gasteiger partial charge < -0.3 is 14.8 Å². The monoisotopic (exact) mass is 412 g/mol. The Morgan fingerprint density at radius 3 is 2.93 bits per heavy atom. The van der Waals surface area contributed by atoms with Gasteiger partial charge in [-0.1, -0.05) is 41.1 Å². The molecule has 8 heteroatoms. The normalized spacial score (nSPS) is 15.6. The number of benzene rings is 2. The van der Waals surface area contributed by atoms with Gasteiger partial charge in [0.2, 0.25) is 0 Å². The van der Waals surface area contributed by atoms with Crippen LogP contribution in [0.5, 0.6) is 5.75 Å². The molecule has 0 unspecified atom stereocenters. The van der Waals surface area contributed by atoms with Crippen molar-refractivity contribution in [2.75, 3.05) is 6.61 Å². The van der Waals surface area contributed by atoms with Crippen LogP contribution in [0, 0.1) is 0 Å². The van der Waals surface area contributed by atoms with E-state index in [1.54, 1.807) is 4.68 Å². The third-order valence-corrected chi connectivity index (χ3v) is 4.97. The summed E-state index contributed by atoms with van der Waals surface area (Å²) in [6.07, 6.45) is -0.154. The minimum absolute atomic E-state index is 0.154. The summed E-state index contributed by atoms with van der Waals surface area (Å²) in [5.74, 6) is 0.503. The minimum Gasteiger partial charge on any atom is -0.494 e. The third-order valence-electron chi connectivity index (χ3n) is 4.72. The summed E-state index contributed by atoms with van der Waals surface area (Å²) in [6, 6.07) is 15.1. The first kappa shape index (κ1) is 19.4. The number of aromatic nitrogens is 3. The largest absolute Gasteiger partial charge is 0.494 e. The number of rotatable bonds is 6. The molecule has 2 heterocycles. The van der Waals surface area contributed by atoms with E-state index in [1.807, 2.05) is 55.5 Å². The molecular formula is C21H21ClN4O3. The number of fused-ring (bicyclic) bond motifs is 1. The number of ether oxygens (including phenoxy) is 2. The molecule has 1 aliphatic heterocycles. The van der Waals surface area contributed by atoms with Crippen LogP contribution in [0.1, 0.15) is 40.3 Å². The van der Waals surface area contributed by atoms with Gasteiger partial charge >= 0.3 is 0 Å². The van der Waals surface area contributed by atoms with Crippen LogP contribution in [0.2, 0.25) is 5.02 Å². The zero-order chi connectivity index (χ0) is 20.2. The Hall–Kier alpha value is -2.90. The third kappa shape index (κ3) is 4.41. The Bertz CT molecular complexity index is 1000. The Morgan fingerprint density at radius 1 is 1.31 bits per heavy atom. The van der Waals surface area contributed by atoms with E-state index in [1.165, 1.54) is 0 Å². The van der Waals surface area contributed by atoms with Crippen molar-refractivity contribution in [2.24, 2.45) is 0 Å². The molecule has 1 aliphatic rings. The second-order valence-corrected chi connectivity index (χ2v) is 7.12. The molecule has 0 aliphatic carbocycles. The van der Waals surface area contributed by atoms with E-state index < -0.39 is 0 Å². The summed E-state index contributed by atoms with van der Waals surface area (Å²) in [5, 5.41) is 11.8. The fourth-order valence-corrected chi connectivity index (χ4v) is 3.37. The van der Waals surface area contributed by atoms with E-state index in [-0.39, 0.29) is 18.6 Å². The van der Waals surface area contributed by atoms with Gasteiger partial charge in [0, 0.05) is 11.6 Å². The average Bonchev–Trinajstić information content (AvgIpc) is 3.16. The van der Waals surface area contributed by atoms with Crippen molar-refractivity contribution in [3.8, 4) is 5.75 Å². The maximum atomic E-state index is 12.6. The lowest BCUT2D eigenvalue weighted by atomic mass is 10.1. The highest BCUT2D eigenvalue weighted by Crippen LogP contribution is 2.27. The van der Waals surface area contributed by atoms with Crippen LogP contribution in [-0.4, -0.2) is 27.5 Å². The van der Waals surface area contributed by atoms with Crippen molar-refractivity contribution in [1.29, 1.82) is 0 Å². The van der Waals surface area contributed by atoms with Crippen LogP contribution in [0.4, 0.5) is 0 Å². The summed E-state index contributed by atoms with van der Waals surface area (Å²) < 4.78 is 13.2. The van der Waals surface area contributed by atoms with Gasteiger partial charge in [-0.25, -0.2) is 4.68 Å². The SMILES string of the molecule is CCOc1cccc(CNC(=O)c2nnn3c2CO[C@H](c2ccc(Cl)cc2)C3)c1. The first-order chi connectivity index (χ1) is 14.1. The Balaban J connectivity index is 1.41. The Labute approximate surface area is 173 Å². The molecule has 0 saturated carbocycles. The maximum Gasteiger partial charge on any atom is 0.274 e. The number of nitrogens with zero attached hydrogens (tertiary/aromatic N) is 3. The van der Waals surface area contributed by atoms with E-state index in [9.17, 15) is 4.79 Å². The van der Waals surface area contributed by atoms with Gasteiger partial charge in [-0.3, -0.25) is 4.79 Å². The van der Waals surface area contributed by atoms with Gasteiger partial charge in [-0.05, 0) is 42.3 Å². The smallest absolute Gasteiger partial charge is 0.274 e. The lowest BCUT2D eigenvalue weighted by Gasteiger charge is -2.24. The van der Waals surface area contributed by atoms with Crippen LogP contribution in [0.3, 0.4) is 0 Å². The van der Waals surface area contributed by atoms with Gasteiger partial charge in [0.25, 0.3) is 5.91 Å². The molecule has 29 heavy (non-hydrogen) atoms. The van der Waals surface area contributed by atoms with Gasteiger partial charge in [0.1, 0.15) is 11.9 Å². The molecular weight excluding hydrogens is 392 g/mol. The molecule has 1 aromatic heterocycles. The van der Waals surface area contributed by atoms with Crippen LogP contribution in [0.15, 0.2) is 48.5 Å². The van der Waals surface area contributed by atoms with Crippen molar-refractivity contribution < 1.29 is 14.3 Å². The van der Waals surface area contributed by atoms with Gasteiger partial charge in [-0.15, -0.1) is 5.10 Å². The minimum atomic E-state index is -0.276. The lowest BCUT2D eigenvalue weighted by molar-refractivity contribution is -0.00176. The topological polar surface area (TPSA) is 78.3 Å². The Kier molecular flexibility index (Phi) is 5.78. The quantitative estimate of drug-likeness (QED) is 0.670. The molecule has 0 spiro atoms. The van der Waals surface area contributed by atoms with E-state index >= 15 is 0 Å². The predicted molar refractivity (Wildman–Crippen MR) is 108 cm³/mol. The van der Waals surface area contributed by atoms with Crippen molar-refractivity contribution in [3.63, 3.8) is 0 Å². The molecule has 4 rings (SSSR count). The summed E-state index contributed by atoms with van der Waals surface area (Å²) in [7, 11) is 0. The second-order valence-electron chi connectivity index (χ2n) is 6.68. The zero-order valence-electron chi connectivity index (χ0n) is 16.0. The van der Waals surface area contributed by atoms with Gasteiger partial charge in [0.15, 0.2) is 5.69 Å². The molecule has 0 fully saturated rings. The Morgan fingerprint density at radius 2 is 2.14 bits per heavy atom. The first-order valence-corrected chi connectivity index (χ1v) is 9.81. The van der Waals surface area contributed by atoms with Crippen LogP contribution in [-0.2, 0) is 24.4 Å². The highest BCUT2D eigenvalue weighted by Gasteiger charge is 2.27. The molecule has 7 nitrogen and oxygen atoms in total. The van der Waals surface area contributed by atoms with Crippen LogP contribution < -0.4 is 10.1 Å². The van der Waals surface area contributed by atoms with Crippen molar-refractivity contribution in [1.82, 2.24) is 20.3 Å². The molecule has 0 bridgehead atoms. The molecule has 0 saturated heterocycles. The predicted octanol–water partition coefficient (Wildman–Crippen LogP) is 3.53. The number of carbonyl (C=O) groups is 1. The maximum absolute atomic E-state index is 12.6. The standard InChI is InChI=1S/C21H21ClN4O3/c1-2-28-17-5-3-4-14(10-17)11-23-21(27)20-18-13-29-19(12-26(18)25-24-20)15-6-8-16(22)9-7-15/h3-10,19H,2,11-13H2,1H3,(H,23,27)/t19-/m0/s1. The molecule has 2 aromatic carbocycles. The van der Waals surface area contributed by atoms with Crippen molar-refractivity contribution >= 4 is 17.5 Å². The summed E-state index contributed by atoms with van der Waals surface area (Å²) in [5.41, 5.74) is 2.93. The zero-order valence-corrected chi connectivity index (χ0v) is 16.7. The first-order valence-electron chi connectivity index (χ1n) is 9.43. The van der Waals surface area contributed by atoms with Crippen molar-refractivity contribution in [2.45, 2.75) is 32.7 Å². The summed E-state index contributed by atoms with van der Waals surface area (Å²) in [4.78, 5) is 12.6. The van der Waals surface area contributed by atoms with Crippen LogP contribution >= 0.6 is 11.6 Å². The van der Waals surface area contributed by atoms with Gasteiger partial charge in [0.05, 0.1) is 25.5 Å². The fourth-order valence-electron chi connectivity index (χ4n) is 3.25. The summed E-state index contributed by atoms with van der Waals surface area (Å²) in [6.45, 7) is 3.67. The molecule has 1 N–H and O–H groups in total.